The van der Waals surface area contributed by atoms with Crippen molar-refractivity contribution in [2.75, 3.05) is 0 Å². The Bertz CT molecular complexity index is 1690. The van der Waals surface area contributed by atoms with Crippen LogP contribution in [0.15, 0.2) is 83.3 Å². The molecule has 0 saturated carbocycles. The van der Waals surface area contributed by atoms with Crippen LogP contribution in [0.25, 0.3) is 27.2 Å². The first kappa shape index (κ1) is 24.8. The molecule has 1 N–H and O–H groups in total. The molecule has 5 rings (SSSR count). The van der Waals surface area contributed by atoms with Crippen LogP contribution in [0, 0.1) is 10.1 Å². The Balaban J connectivity index is 1.41. The molecule has 0 aliphatic carbocycles. The van der Waals surface area contributed by atoms with Crippen LogP contribution in [0.5, 0.6) is 0 Å². The number of amides is 1. The minimum Gasteiger partial charge on any atom is -0.266 e. The molecule has 0 spiro atoms. The number of hydrogen-bond acceptors (Lipinski definition) is 7. The van der Waals surface area contributed by atoms with Crippen LogP contribution in [0.2, 0.25) is 0 Å². The quantitative estimate of drug-likeness (QED) is 0.166. The lowest BCUT2D eigenvalue weighted by molar-refractivity contribution is -0.384. The number of nitrogens with zero attached hydrogens (tertiary/aromatic N) is 5. The summed E-state index contributed by atoms with van der Waals surface area (Å²) in [5, 5.41) is 21.5. The van der Waals surface area contributed by atoms with Crippen molar-refractivity contribution in [1.82, 2.24) is 20.2 Å². The zero-order valence-electron chi connectivity index (χ0n) is 19.1. The van der Waals surface area contributed by atoms with Crippen molar-refractivity contribution < 1.29 is 22.9 Å². The molecule has 0 unspecified atom stereocenters. The van der Waals surface area contributed by atoms with Gasteiger partial charge in [-0.15, -0.1) is 11.3 Å². The van der Waals surface area contributed by atoms with Crippen molar-refractivity contribution in [3.8, 4) is 16.4 Å². The monoisotopic (exact) mass is 536 g/mol. The molecule has 0 saturated heterocycles. The Morgan fingerprint density at radius 3 is 2.50 bits per heavy atom. The fourth-order valence-corrected chi connectivity index (χ4v) is 4.36. The fourth-order valence-electron chi connectivity index (χ4n) is 3.59. The molecule has 9 nitrogen and oxygen atoms in total. The number of carbonyl (C=O) groups is 1. The van der Waals surface area contributed by atoms with Gasteiger partial charge in [-0.1, -0.05) is 36.4 Å². The minimum atomic E-state index is -4.68. The van der Waals surface area contributed by atoms with Crippen LogP contribution in [0.3, 0.4) is 0 Å². The molecule has 190 valence electrons. The van der Waals surface area contributed by atoms with Gasteiger partial charge in [-0.2, -0.15) is 23.4 Å². The molecule has 13 heteroatoms. The van der Waals surface area contributed by atoms with Crippen LogP contribution >= 0.6 is 11.3 Å². The average molecular weight is 536 g/mol. The number of thiazole rings is 1. The lowest BCUT2D eigenvalue weighted by Crippen LogP contribution is -2.18. The lowest BCUT2D eigenvalue weighted by Gasteiger charge is -2.06. The number of nitro benzene ring substituents is 1. The largest absolute Gasteiger partial charge is 0.435 e. The third-order valence-electron chi connectivity index (χ3n) is 5.43. The second-order valence-electron chi connectivity index (χ2n) is 7.95. The lowest BCUT2D eigenvalue weighted by atomic mass is 10.0. The Morgan fingerprint density at radius 1 is 1.05 bits per heavy atom. The van der Waals surface area contributed by atoms with E-state index >= 15 is 0 Å². The highest BCUT2D eigenvalue weighted by Gasteiger charge is 2.35. The van der Waals surface area contributed by atoms with Crippen molar-refractivity contribution >= 4 is 39.9 Å². The van der Waals surface area contributed by atoms with Crippen LogP contribution in [-0.4, -0.2) is 31.8 Å². The summed E-state index contributed by atoms with van der Waals surface area (Å²) in [4.78, 5) is 26.9. The molecule has 0 fully saturated rings. The number of halogens is 3. The Morgan fingerprint density at radius 2 is 1.79 bits per heavy atom. The highest BCUT2D eigenvalue weighted by molar-refractivity contribution is 7.12. The van der Waals surface area contributed by atoms with E-state index in [4.69, 9.17) is 0 Å². The van der Waals surface area contributed by atoms with Gasteiger partial charge in [0.2, 0.25) is 5.13 Å². The van der Waals surface area contributed by atoms with Crippen molar-refractivity contribution in [2.45, 2.75) is 6.18 Å². The van der Waals surface area contributed by atoms with E-state index in [1.165, 1.54) is 35.9 Å². The highest BCUT2D eigenvalue weighted by Crippen LogP contribution is 2.34. The Kier molecular flexibility index (Phi) is 6.43. The van der Waals surface area contributed by atoms with Gasteiger partial charge >= 0.3 is 6.18 Å². The van der Waals surface area contributed by atoms with Gasteiger partial charge in [-0.25, -0.2) is 15.1 Å². The molecule has 38 heavy (non-hydrogen) atoms. The normalized spacial score (nSPS) is 11.8. The molecule has 2 aromatic heterocycles. The number of nitrogens with one attached hydrogen (secondary N) is 1. The third-order valence-corrected chi connectivity index (χ3v) is 6.25. The van der Waals surface area contributed by atoms with Crippen molar-refractivity contribution in [3.05, 3.63) is 105 Å². The first-order valence-electron chi connectivity index (χ1n) is 10.9. The molecule has 0 aliphatic heterocycles. The number of benzene rings is 3. The maximum atomic E-state index is 13.5. The van der Waals surface area contributed by atoms with Crippen molar-refractivity contribution in [2.24, 2.45) is 5.10 Å². The molecule has 0 bridgehead atoms. The zero-order valence-corrected chi connectivity index (χ0v) is 19.9. The number of rotatable bonds is 6. The first-order chi connectivity index (χ1) is 18.2. The van der Waals surface area contributed by atoms with E-state index in [0.29, 0.717) is 11.1 Å². The van der Waals surface area contributed by atoms with Gasteiger partial charge in [-0.05, 0) is 40.6 Å². The summed E-state index contributed by atoms with van der Waals surface area (Å²) in [7, 11) is 0. The van der Waals surface area contributed by atoms with E-state index in [1.54, 1.807) is 18.2 Å². The number of non-ortho nitro benzene ring substituents is 1. The van der Waals surface area contributed by atoms with Gasteiger partial charge in [0.15, 0.2) is 5.69 Å². The summed E-state index contributed by atoms with van der Waals surface area (Å²) in [6.07, 6.45) is -3.39. The summed E-state index contributed by atoms with van der Waals surface area (Å²) in [6, 6.07) is 19.2. The molecule has 5 aromatic rings. The smallest absolute Gasteiger partial charge is 0.266 e. The molecule has 2 heterocycles. The second-order valence-corrected chi connectivity index (χ2v) is 8.79. The Labute approximate surface area is 216 Å². The van der Waals surface area contributed by atoms with Gasteiger partial charge in [0, 0.05) is 23.1 Å². The van der Waals surface area contributed by atoms with E-state index in [1.807, 2.05) is 24.3 Å². The minimum absolute atomic E-state index is 0.0631. The number of aromatic nitrogens is 3. The number of hydrazone groups is 1. The molecule has 0 aliphatic rings. The molecular formula is C25H15F3N6O3S. The number of hydrogen-bond donors (Lipinski definition) is 1. The van der Waals surface area contributed by atoms with Crippen LogP contribution in [-0.2, 0) is 6.18 Å². The Hall–Kier alpha value is -4.91. The van der Waals surface area contributed by atoms with Crippen LogP contribution in [0.1, 0.15) is 21.7 Å². The standard InChI is InChI=1S/C25H15F3N6O3S/c26-25(27,28)22-12-21(18-8-7-16-3-1-2-4-17(16)11-18)33(32-22)24-30-20(14-38-24)23(35)31-29-13-15-5-9-19(10-6-15)34(36)37/h1-14H,(H,31,35)/b29-13+. The maximum absolute atomic E-state index is 13.5. The number of nitro groups is 1. The zero-order chi connectivity index (χ0) is 26.9. The highest BCUT2D eigenvalue weighted by atomic mass is 32.1. The number of fused-ring (bicyclic) bond motifs is 1. The van der Waals surface area contributed by atoms with E-state index in [0.717, 1.165) is 32.9 Å². The van der Waals surface area contributed by atoms with Gasteiger partial charge in [-0.3, -0.25) is 14.9 Å². The van der Waals surface area contributed by atoms with E-state index < -0.39 is 22.7 Å². The second kappa shape index (κ2) is 9.86. The van der Waals surface area contributed by atoms with Gasteiger partial charge in [0.1, 0.15) is 5.69 Å². The molecule has 0 radical (unpaired) electrons. The van der Waals surface area contributed by atoms with E-state index in [9.17, 15) is 28.1 Å². The van der Waals surface area contributed by atoms with E-state index in [2.05, 4.69) is 20.6 Å². The van der Waals surface area contributed by atoms with Crippen molar-refractivity contribution in [3.63, 3.8) is 0 Å². The molecule has 1 amide bonds. The maximum Gasteiger partial charge on any atom is 0.435 e. The summed E-state index contributed by atoms with van der Waals surface area (Å²) < 4.78 is 41.7. The van der Waals surface area contributed by atoms with Gasteiger partial charge in [0.05, 0.1) is 16.8 Å². The summed E-state index contributed by atoms with van der Waals surface area (Å²) in [5.41, 5.74) is 2.21. The summed E-state index contributed by atoms with van der Waals surface area (Å²) in [6.45, 7) is 0. The first-order valence-corrected chi connectivity index (χ1v) is 11.8. The summed E-state index contributed by atoms with van der Waals surface area (Å²) in [5.74, 6) is -0.693. The molecule has 0 atom stereocenters. The molecule has 3 aromatic carbocycles. The van der Waals surface area contributed by atoms with Gasteiger partial charge < -0.3 is 0 Å². The summed E-state index contributed by atoms with van der Waals surface area (Å²) >= 11 is 0.947. The topological polar surface area (TPSA) is 115 Å². The predicted octanol–water partition coefficient (Wildman–Crippen LogP) is 5.84. The van der Waals surface area contributed by atoms with Crippen molar-refractivity contribution in [1.29, 1.82) is 0 Å². The van der Waals surface area contributed by atoms with Crippen LogP contribution < -0.4 is 5.43 Å². The van der Waals surface area contributed by atoms with E-state index in [-0.39, 0.29) is 22.2 Å². The predicted molar refractivity (Wildman–Crippen MR) is 135 cm³/mol. The SMILES string of the molecule is O=C(N/N=C/c1ccc([N+](=O)[O-])cc1)c1csc(-n2nc(C(F)(F)F)cc2-c2ccc3ccccc3c2)n1. The fraction of sp³-hybridized carbons (Fsp3) is 0.0400. The number of alkyl halides is 3. The molecular weight excluding hydrogens is 521 g/mol. The van der Waals surface area contributed by atoms with Gasteiger partial charge in [0.25, 0.3) is 11.6 Å². The van der Waals surface area contributed by atoms with Crippen LogP contribution in [0.4, 0.5) is 18.9 Å². The average Bonchev–Trinajstić information content (AvgIpc) is 3.56. The number of carbonyl (C=O) groups excluding carboxylic acids is 1. The third kappa shape index (κ3) is 5.13.